The Morgan fingerprint density at radius 3 is 2.53 bits per heavy atom. The standard InChI is InChI=1S/C19H23N3O3.C2HF3O2/c23-18(24)19-6-3-8-21(10-15-5-9-25-13-15)11-16(19)12-22(14-19)17-4-1-2-7-20-17;3-2(4,5)1(6)7/h1-2,4-5,7,9,13,16H,3,6,8,10-12,14H2,(H,23,24);(H,6,7)/t16-,19-;/m0./s1. The number of fused-ring (bicyclic) bond motifs is 1. The maximum Gasteiger partial charge on any atom is 0.490 e. The molecular formula is C21H24F3N3O5. The van der Waals surface area contributed by atoms with Crippen LogP contribution in [-0.4, -0.2) is 64.4 Å². The molecule has 0 amide bonds. The number of likely N-dealkylation sites (tertiary alicyclic amines) is 1. The minimum absolute atomic E-state index is 0.0985. The number of aromatic nitrogens is 1. The van der Waals surface area contributed by atoms with Crippen molar-refractivity contribution in [2.45, 2.75) is 25.6 Å². The molecule has 2 aromatic heterocycles. The predicted octanol–water partition coefficient (Wildman–Crippen LogP) is 3.11. The lowest BCUT2D eigenvalue weighted by molar-refractivity contribution is -0.192. The zero-order valence-corrected chi connectivity index (χ0v) is 17.2. The summed E-state index contributed by atoms with van der Waals surface area (Å²) in [5.74, 6) is -2.45. The van der Waals surface area contributed by atoms with Crippen LogP contribution < -0.4 is 4.90 Å². The number of anilines is 1. The van der Waals surface area contributed by atoms with E-state index >= 15 is 0 Å². The fraction of sp³-hybridized carbons (Fsp3) is 0.476. The Morgan fingerprint density at radius 2 is 1.97 bits per heavy atom. The van der Waals surface area contributed by atoms with Gasteiger partial charge < -0.3 is 19.5 Å². The minimum Gasteiger partial charge on any atom is -0.481 e. The van der Waals surface area contributed by atoms with Crippen molar-refractivity contribution in [3.8, 4) is 0 Å². The quantitative estimate of drug-likeness (QED) is 0.724. The molecule has 0 aromatic carbocycles. The van der Waals surface area contributed by atoms with Crippen molar-refractivity contribution in [1.29, 1.82) is 0 Å². The first-order valence-electron chi connectivity index (χ1n) is 10.0. The highest BCUT2D eigenvalue weighted by atomic mass is 19.4. The number of alkyl halides is 3. The third kappa shape index (κ3) is 5.39. The van der Waals surface area contributed by atoms with Crippen LogP contribution >= 0.6 is 0 Å². The Morgan fingerprint density at radius 1 is 1.22 bits per heavy atom. The van der Waals surface area contributed by atoms with Crippen LogP contribution in [0, 0.1) is 11.3 Å². The average Bonchev–Trinajstić information content (AvgIpc) is 3.34. The highest BCUT2D eigenvalue weighted by molar-refractivity contribution is 5.77. The van der Waals surface area contributed by atoms with E-state index in [-0.39, 0.29) is 5.92 Å². The van der Waals surface area contributed by atoms with Crippen LogP contribution in [0.25, 0.3) is 0 Å². The lowest BCUT2D eigenvalue weighted by atomic mass is 9.75. The lowest BCUT2D eigenvalue weighted by Crippen LogP contribution is -2.41. The zero-order valence-electron chi connectivity index (χ0n) is 17.2. The molecule has 4 heterocycles. The van der Waals surface area contributed by atoms with E-state index in [1.54, 1.807) is 18.7 Å². The maximum atomic E-state index is 12.2. The summed E-state index contributed by atoms with van der Waals surface area (Å²) in [7, 11) is 0. The molecule has 4 rings (SSSR count). The van der Waals surface area contributed by atoms with E-state index < -0.39 is 23.5 Å². The van der Waals surface area contributed by atoms with Gasteiger partial charge in [0.15, 0.2) is 0 Å². The van der Waals surface area contributed by atoms with Crippen molar-refractivity contribution < 1.29 is 37.4 Å². The number of pyridine rings is 1. The Kier molecular flexibility index (Phi) is 7.07. The molecule has 174 valence electrons. The number of nitrogens with zero attached hydrogens (tertiary/aromatic N) is 3. The fourth-order valence-electron chi connectivity index (χ4n) is 4.36. The van der Waals surface area contributed by atoms with Crippen molar-refractivity contribution in [1.82, 2.24) is 9.88 Å². The number of halogens is 3. The monoisotopic (exact) mass is 455 g/mol. The largest absolute Gasteiger partial charge is 0.490 e. The van der Waals surface area contributed by atoms with E-state index in [0.717, 1.165) is 50.4 Å². The Bertz CT molecular complexity index is 907. The molecule has 2 N–H and O–H groups in total. The van der Waals surface area contributed by atoms with E-state index in [4.69, 9.17) is 14.3 Å². The molecule has 0 radical (unpaired) electrons. The summed E-state index contributed by atoms with van der Waals surface area (Å²) in [6.07, 6.45) is 1.76. The molecule has 2 saturated heterocycles. The normalized spacial score (nSPS) is 23.6. The van der Waals surface area contributed by atoms with Gasteiger partial charge in [-0.15, -0.1) is 0 Å². The van der Waals surface area contributed by atoms with Gasteiger partial charge in [-0.25, -0.2) is 9.78 Å². The van der Waals surface area contributed by atoms with Crippen LogP contribution in [0.1, 0.15) is 18.4 Å². The SMILES string of the molecule is O=C(O)C(F)(F)F.O=C(O)[C@]12CCCN(Cc3ccoc3)C[C@H]1CN(c1ccccn1)C2. The molecule has 11 heteroatoms. The van der Waals surface area contributed by atoms with Crippen molar-refractivity contribution in [3.63, 3.8) is 0 Å². The van der Waals surface area contributed by atoms with Gasteiger partial charge in [-0.1, -0.05) is 6.07 Å². The first-order chi connectivity index (χ1) is 15.1. The molecule has 0 spiro atoms. The Labute approximate surface area is 182 Å². The summed E-state index contributed by atoms with van der Waals surface area (Å²) < 4.78 is 36.9. The number of carboxylic acid groups (broad SMARTS) is 2. The molecule has 8 nitrogen and oxygen atoms in total. The molecule has 2 aromatic rings. The summed E-state index contributed by atoms with van der Waals surface area (Å²) in [5.41, 5.74) is 0.463. The van der Waals surface area contributed by atoms with Gasteiger partial charge in [0.05, 0.1) is 17.9 Å². The lowest BCUT2D eigenvalue weighted by Gasteiger charge is -2.29. The molecule has 2 aliphatic rings. The molecule has 2 aliphatic heterocycles. The second-order valence-electron chi connectivity index (χ2n) is 8.00. The molecule has 2 fully saturated rings. The number of furan rings is 1. The van der Waals surface area contributed by atoms with Gasteiger partial charge in [0.25, 0.3) is 0 Å². The fourth-order valence-corrected chi connectivity index (χ4v) is 4.36. The average molecular weight is 455 g/mol. The third-order valence-corrected chi connectivity index (χ3v) is 5.90. The van der Waals surface area contributed by atoms with Crippen LogP contribution in [-0.2, 0) is 16.1 Å². The van der Waals surface area contributed by atoms with Crippen LogP contribution in [0.15, 0.2) is 47.4 Å². The second-order valence-corrected chi connectivity index (χ2v) is 8.00. The zero-order chi connectivity index (χ0) is 23.4. The summed E-state index contributed by atoms with van der Waals surface area (Å²) in [6.45, 7) is 3.82. The maximum absolute atomic E-state index is 12.2. The number of carboxylic acids is 2. The number of rotatable bonds is 4. The van der Waals surface area contributed by atoms with Crippen LogP contribution in [0.5, 0.6) is 0 Å². The van der Waals surface area contributed by atoms with E-state index in [2.05, 4.69) is 14.8 Å². The number of hydrogen-bond acceptors (Lipinski definition) is 6. The first-order valence-corrected chi connectivity index (χ1v) is 10.0. The van der Waals surface area contributed by atoms with Crippen molar-refractivity contribution >= 4 is 17.8 Å². The first kappa shape index (κ1) is 23.6. The number of hydrogen-bond donors (Lipinski definition) is 2. The van der Waals surface area contributed by atoms with Crippen molar-refractivity contribution in [3.05, 3.63) is 48.6 Å². The van der Waals surface area contributed by atoms with Crippen molar-refractivity contribution in [2.75, 3.05) is 31.1 Å². The highest BCUT2D eigenvalue weighted by Crippen LogP contribution is 2.44. The van der Waals surface area contributed by atoms with E-state index in [1.807, 2.05) is 24.3 Å². The summed E-state index contributed by atoms with van der Waals surface area (Å²) in [6, 6.07) is 7.78. The summed E-state index contributed by atoms with van der Waals surface area (Å²) in [5, 5.41) is 17.2. The van der Waals surface area contributed by atoms with E-state index in [9.17, 15) is 23.1 Å². The second kappa shape index (κ2) is 9.60. The molecule has 0 unspecified atom stereocenters. The Balaban J connectivity index is 0.000000360. The predicted molar refractivity (Wildman–Crippen MR) is 107 cm³/mol. The minimum atomic E-state index is -5.08. The molecular weight excluding hydrogens is 431 g/mol. The summed E-state index contributed by atoms with van der Waals surface area (Å²) >= 11 is 0. The topological polar surface area (TPSA) is 107 Å². The molecule has 0 saturated carbocycles. The van der Waals surface area contributed by atoms with Gasteiger partial charge in [-0.3, -0.25) is 9.69 Å². The van der Waals surface area contributed by atoms with E-state index in [1.165, 1.54) is 0 Å². The molecule has 2 atom stereocenters. The van der Waals surface area contributed by atoms with Gasteiger partial charge in [0, 0.05) is 43.9 Å². The molecule has 32 heavy (non-hydrogen) atoms. The Hall–Kier alpha value is -3.08. The van der Waals surface area contributed by atoms with Crippen LogP contribution in [0.4, 0.5) is 19.0 Å². The van der Waals surface area contributed by atoms with Crippen LogP contribution in [0.3, 0.4) is 0 Å². The number of aliphatic carboxylic acids is 2. The third-order valence-electron chi connectivity index (χ3n) is 5.90. The number of carbonyl (C=O) groups is 2. The van der Waals surface area contributed by atoms with Gasteiger partial charge in [-0.05, 0) is 37.6 Å². The molecule has 0 aliphatic carbocycles. The van der Waals surface area contributed by atoms with Crippen molar-refractivity contribution in [2.24, 2.45) is 11.3 Å². The van der Waals surface area contributed by atoms with Crippen LogP contribution in [0.2, 0.25) is 0 Å². The van der Waals surface area contributed by atoms with Gasteiger partial charge in [0.2, 0.25) is 0 Å². The van der Waals surface area contributed by atoms with Gasteiger partial charge >= 0.3 is 18.1 Å². The summed E-state index contributed by atoms with van der Waals surface area (Å²) in [4.78, 5) is 30.0. The van der Waals surface area contributed by atoms with Gasteiger partial charge in [-0.2, -0.15) is 13.2 Å². The van der Waals surface area contributed by atoms with Gasteiger partial charge in [0.1, 0.15) is 5.82 Å². The van der Waals surface area contributed by atoms with E-state index in [0.29, 0.717) is 6.54 Å². The molecule has 0 bridgehead atoms. The highest BCUT2D eigenvalue weighted by Gasteiger charge is 2.53. The smallest absolute Gasteiger partial charge is 0.481 e.